The van der Waals surface area contributed by atoms with Crippen LogP contribution in [0.4, 0.5) is 0 Å². The average molecular weight is 276 g/mol. The molecule has 0 radical (unpaired) electrons. The smallest absolute Gasteiger partial charge is 0.303 e. The highest BCUT2D eigenvalue weighted by molar-refractivity contribution is 5.66. The molecule has 1 N–H and O–H groups in total. The largest absolute Gasteiger partial charge is 0.497 e. The van der Waals surface area contributed by atoms with Crippen molar-refractivity contribution in [3.63, 3.8) is 0 Å². The number of aryl methyl sites for hydroxylation is 3. The molecule has 0 amide bonds. The molecule has 6 nitrogen and oxygen atoms in total. The van der Waals surface area contributed by atoms with Crippen molar-refractivity contribution in [2.24, 2.45) is 0 Å². The first-order valence-corrected chi connectivity index (χ1v) is 6.33. The van der Waals surface area contributed by atoms with Gasteiger partial charge in [0.1, 0.15) is 5.75 Å². The van der Waals surface area contributed by atoms with Gasteiger partial charge >= 0.3 is 5.97 Å². The normalized spacial score (nSPS) is 10.4. The molecule has 106 valence electrons. The Morgan fingerprint density at radius 1 is 1.15 bits per heavy atom. The number of aliphatic carboxylic acids is 1. The van der Waals surface area contributed by atoms with Gasteiger partial charge in [-0.1, -0.05) is 12.1 Å². The van der Waals surface area contributed by atoms with E-state index < -0.39 is 5.97 Å². The molecule has 0 saturated heterocycles. The molecule has 6 heteroatoms. The van der Waals surface area contributed by atoms with E-state index >= 15 is 0 Å². The van der Waals surface area contributed by atoms with Crippen molar-refractivity contribution in [3.8, 4) is 5.75 Å². The minimum absolute atomic E-state index is 0.000112. The molecule has 0 fully saturated rings. The monoisotopic (exact) mass is 276 g/mol. The van der Waals surface area contributed by atoms with Crippen LogP contribution in [0.2, 0.25) is 0 Å². The maximum Gasteiger partial charge on any atom is 0.303 e. The van der Waals surface area contributed by atoms with Crippen LogP contribution < -0.4 is 4.74 Å². The Balaban J connectivity index is 1.85. The Hall–Kier alpha value is -2.37. The van der Waals surface area contributed by atoms with Crippen LogP contribution in [0.3, 0.4) is 0 Å². The second-order valence-electron chi connectivity index (χ2n) is 4.33. The highest BCUT2D eigenvalue weighted by Gasteiger charge is 2.08. The summed E-state index contributed by atoms with van der Waals surface area (Å²) < 4.78 is 10.5. The van der Waals surface area contributed by atoms with Crippen LogP contribution >= 0.6 is 0 Å². The first-order chi connectivity index (χ1) is 9.67. The van der Waals surface area contributed by atoms with E-state index in [4.69, 9.17) is 14.3 Å². The number of ether oxygens (including phenoxy) is 1. The number of aromatic nitrogens is 2. The number of carbonyl (C=O) groups is 1. The van der Waals surface area contributed by atoms with Crippen molar-refractivity contribution in [2.45, 2.75) is 25.7 Å². The summed E-state index contributed by atoms with van der Waals surface area (Å²) in [5.41, 5.74) is 1.15. The number of methoxy groups -OCH3 is 1. The van der Waals surface area contributed by atoms with E-state index in [1.54, 1.807) is 7.11 Å². The molecule has 1 aromatic heterocycles. The summed E-state index contributed by atoms with van der Waals surface area (Å²) in [5.74, 6) is 0.851. The third-order valence-electron chi connectivity index (χ3n) is 2.85. The van der Waals surface area contributed by atoms with Crippen LogP contribution in [0.15, 0.2) is 28.7 Å². The van der Waals surface area contributed by atoms with Gasteiger partial charge in [0.25, 0.3) is 0 Å². The number of carboxylic acids is 1. The van der Waals surface area contributed by atoms with Gasteiger partial charge in [-0.05, 0) is 24.1 Å². The number of nitrogens with zero attached hydrogens (tertiary/aromatic N) is 2. The van der Waals surface area contributed by atoms with Crippen LogP contribution in [-0.4, -0.2) is 28.4 Å². The Morgan fingerprint density at radius 2 is 1.80 bits per heavy atom. The molecule has 0 atom stereocenters. The summed E-state index contributed by atoms with van der Waals surface area (Å²) >= 11 is 0. The molecule has 0 saturated carbocycles. The van der Waals surface area contributed by atoms with Crippen LogP contribution in [0.5, 0.6) is 5.75 Å². The highest BCUT2D eigenvalue weighted by Crippen LogP contribution is 2.13. The molecule has 0 aliphatic carbocycles. The summed E-state index contributed by atoms with van der Waals surface area (Å²) in [4.78, 5) is 10.4. The lowest BCUT2D eigenvalue weighted by molar-refractivity contribution is -0.137. The third kappa shape index (κ3) is 4.08. The van der Waals surface area contributed by atoms with Gasteiger partial charge in [0.05, 0.1) is 13.5 Å². The second kappa shape index (κ2) is 6.70. The minimum Gasteiger partial charge on any atom is -0.497 e. The van der Waals surface area contributed by atoms with Crippen molar-refractivity contribution in [1.82, 2.24) is 10.2 Å². The van der Waals surface area contributed by atoms with E-state index in [1.165, 1.54) is 0 Å². The standard InChI is InChI=1S/C14H16N2O4/c1-19-11-5-2-10(3-6-11)4-7-12-15-16-13(20-12)8-9-14(17)18/h2-3,5-6H,4,7-9H2,1H3,(H,17,18). The van der Waals surface area contributed by atoms with Crippen molar-refractivity contribution in [2.75, 3.05) is 7.11 Å². The highest BCUT2D eigenvalue weighted by atomic mass is 16.5. The van der Waals surface area contributed by atoms with Gasteiger partial charge in [0.15, 0.2) is 0 Å². The fourth-order valence-corrected chi connectivity index (χ4v) is 1.75. The fourth-order valence-electron chi connectivity index (χ4n) is 1.75. The molecule has 0 bridgehead atoms. The summed E-state index contributed by atoms with van der Waals surface area (Å²) in [7, 11) is 1.63. The number of carboxylic acid groups (broad SMARTS) is 1. The van der Waals surface area contributed by atoms with Gasteiger partial charge in [-0.2, -0.15) is 0 Å². The summed E-state index contributed by atoms with van der Waals surface area (Å²) in [6.07, 6.45) is 1.68. The SMILES string of the molecule is COc1ccc(CCc2nnc(CCC(=O)O)o2)cc1. The molecule has 2 rings (SSSR count). The van der Waals surface area contributed by atoms with E-state index in [0.29, 0.717) is 18.2 Å². The molecular weight excluding hydrogens is 260 g/mol. The topological polar surface area (TPSA) is 85.5 Å². The zero-order valence-corrected chi connectivity index (χ0v) is 11.2. The van der Waals surface area contributed by atoms with Gasteiger partial charge in [0.2, 0.25) is 11.8 Å². The summed E-state index contributed by atoms with van der Waals surface area (Å²) in [6.45, 7) is 0. The molecule has 1 heterocycles. The number of rotatable bonds is 7. The zero-order valence-electron chi connectivity index (χ0n) is 11.2. The van der Waals surface area contributed by atoms with E-state index in [2.05, 4.69) is 10.2 Å². The lowest BCUT2D eigenvalue weighted by atomic mass is 10.1. The lowest BCUT2D eigenvalue weighted by Crippen LogP contribution is -1.97. The predicted molar refractivity (Wildman–Crippen MR) is 70.7 cm³/mol. The summed E-state index contributed by atoms with van der Waals surface area (Å²) in [5, 5.41) is 16.3. The van der Waals surface area contributed by atoms with E-state index in [1.807, 2.05) is 24.3 Å². The van der Waals surface area contributed by atoms with Gasteiger partial charge in [-0.25, -0.2) is 0 Å². The Morgan fingerprint density at radius 3 is 2.40 bits per heavy atom. The van der Waals surface area contributed by atoms with Gasteiger partial charge in [0, 0.05) is 12.8 Å². The van der Waals surface area contributed by atoms with E-state index in [0.717, 1.165) is 17.7 Å². The molecule has 0 aliphatic heterocycles. The fraction of sp³-hybridized carbons (Fsp3) is 0.357. The Bertz CT molecular complexity index is 563. The van der Waals surface area contributed by atoms with Crippen molar-refractivity contribution >= 4 is 5.97 Å². The molecule has 1 aromatic carbocycles. The average Bonchev–Trinajstić information content (AvgIpc) is 2.91. The Labute approximate surface area is 116 Å². The van der Waals surface area contributed by atoms with Gasteiger partial charge in [-0.3, -0.25) is 4.79 Å². The minimum atomic E-state index is -0.872. The first-order valence-electron chi connectivity index (χ1n) is 6.33. The van der Waals surface area contributed by atoms with E-state index in [9.17, 15) is 4.79 Å². The third-order valence-corrected chi connectivity index (χ3v) is 2.85. The Kier molecular flexibility index (Phi) is 4.70. The van der Waals surface area contributed by atoms with Gasteiger partial charge in [-0.15, -0.1) is 10.2 Å². The second-order valence-corrected chi connectivity index (χ2v) is 4.33. The maximum absolute atomic E-state index is 10.4. The van der Waals surface area contributed by atoms with Crippen molar-refractivity contribution in [3.05, 3.63) is 41.6 Å². The number of hydrogen-bond donors (Lipinski definition) is 1. The first kappa shape index (κ1) is 14.0. The molecule has 0 aliphatic rings. The van der Waals surface area contributed by atoms with Crippen LogP contribution in [0.1, 0.15) is 23.8 Å². The molecule has 0 unspecified atom stereocenters. The molecular formula is C14H16N2O4. The quantitative estimate of drug-likeness (QED) is 0.831. The van der Waals surface area contributed by atoms with Crippen LogP contribution in [-0.2, 0) is 24.1 Å². The van der Waals surface area contributed by atoms with Crippen LogP contribution in [0, 0.1) is 0 Å². The van der Waals surface area contributed by atoms with Crippen molar-refractivity contribution in [1.29, 1.82) is 0 Å². The maximum atomic E-state index is 10.4. The lowest BCUT2D eigenvalue weighted by Gasteiger charge is -2.01. The zero-order chi connectivity index (χ0) is 14.4. The summed E-state index contributed by atoms with van der Waals surface area (Å²) in [6, 6.07) is 7.78. The van der Waals surface area contributed by atoms with E-state index in [-0.39, 0.29) is 12.8 Å². The molecule has 0 spiro atoms. The van der Waals surface area contributed by atoms with Gasteiger partial charge < -0.3 is 14.3 Å². The van der Waals surface area contributed by atoms with Crippen LogP contribution in [0.25, 0.3) is 0 Å². The van der Waals surface area contributed by atoms with Crippen molar-refractivity contribution < 1.29 is 19.1 Å². The molecule has 20 heavy (non-hydrogen) atoms. The number of benzene rings is 1. The molecule has 2 aromatic rings. The predicted octanol–water partition coefficient (Wildman–Crippen LogP) is 1.88. The number of hydrogen-bond acceptors (Lipinski definition) is 5.